The lowest BCUT2D eigenvalue weighted by molar-refractivity contribution is -0.493. The highest BCUT2D eigenvalue weighted by Crippen LogP contribution is 2.05. The van der Waals surface area contributed by atoms with Crippen LogP contribution in [0.2, 0.25) is 0 Å². The first-order chi connectivity index (χ1) is 6.40. The van der Waals surface area contributed by atoms with Crippen LogP contribution in [-0.2, 0) is 0 Å². The van der Waals surface area contributed by atoms with Crippen LogP contribution in [-0.4, -0.2) is 73.5 Å². The van der Waals surface area contributed by atoms with Crippen LogP contribution >= 0.6 is 0 Å². The maximum Gasteiger partial charge on any atom is 0.232 e. The second-order valence-electron chi connectivity index (χ2n) is 2.81. The number of aliphatic hydroxyl groups is 5. The Kier molecular flexibility index (Phi) is 8.24. The van der Waals surface area contributed by atoms with Gasteiger partial charge in [-0.15, -0.1) is 0 Å². The van der Waals surface area contributed by atoms with E-state index in [2.05, 4.69) is 0 Å². The monoisotopic (exact) mass is 229 g/mol. The molecule has 0 aromatic heterocycles. The summed E-state index contributed by atoms with van der Waals surface area (Å²) in [6, 6.07) is 0. The summed E-state index contributed by atoms with van der Waals surface area (Å²) in [6.07, 6.45) is -7.13. The molecule has 0 rings (SSSR count). The molecule has 15 heavy (non-hydrogen) atoms. The summed E-state index contributed by atoms with van der Waals surface area (Å²) >= 11 is 0. The van der Waals surface area contributed by atoms with E-state index in [0.717, 1.165) is 0 Å². The van der Waals surface area contributed by atoms with E-state index in [9.17, 15) is 10.1 Å². The number of aliphatic hydroxyl groups excluding tert-OH is 5. The molecule has 0 aliphatic rings. The van der Waals surface area contributed by atoms with Crippen molar-refractivity contribution >= 4 is 0 Å². The molecule has 0 bridgehead atoms. The third-order valence-corrected chi connectivity index (χ3v) is 1.66. The Balaban J connectivity index is 0. The smallest absolute Gasteiger partial charge is 0.232 e. The standard InChI is InChI=1S/C6H13NO7.H2O/c8-2-4(10)6(12)5(11)3(9)1-7(13)14;/h3-6,8-12H,1-2H2;1H2. The molecule has 0 aromatic rings. The number of nitro groups is 1. The van der Waals surface area contributed by atoms with Gasteiger partial charge in [0.25, 0.3) is 0 Å². The second-order valence-corrected chi connectivity index (χ2v) is 2.81. The molecule has 0 radical (unpaired) electrons. The van der Waals surface area contributed by atoms with Crippen LogP contribution < -0.4 is 0 Å². The van der Waals surface area contributed by atoms with Gasteiger partial charge >= 0.3 is 0 Å². The van der Waals surface area contributed by atoms with E-state index in [0.29, 0.717) is 0 Å². The lowest BCUT2D eigenvalue weighted by atomic mass is 10.0. The van der Waals surface area contributed by atoms with E-state index < -0.39 is 42.5 Å². The van der Waals surface area contributed by atoms with Gasteiger partial charge in [-0.1, -0.05) is 0 Å². The maximum atomic E-state index is 9.92. The van der Waals surface area contributed by atoms with Crippen molar-refractivity contribution < 1.29 is 35.9 Å². The summed E-state index contributed by atoms with van der Waals surface area (Å²) in [5, 5.41) is 54.2. The minimum absolute atomic E-state index is 0. The molecule has 0 aromatic carbocycles. The fourth-order valence-corrected chi connectivity index (χ4v) is 0.824. The summed E-state index contributed by atoms with van der Waals surface area (Å²) in [6.45, 7) is -1.76. The van der Waals surface area contributed by atoms with Crippen molar-refractivity contribution in [3.63, 3.8) is 0 Å². The zero-order chi connectivity index (χ0) is 11.3. The highest BCUT2D eigenvalue weighted by Gasteiger charge is 2.32. The Labute approximate surface area is 84.7 Å². The van der Waals surface area contributed by atoms with Crippen molar-refractivity contribution in [3.05, 3.63) is 10.1 Å². The van der Waals surface area contributed by atoms with Gasteiger partial charge in [0.2, 0.25) is 6.54 Å². The quantitative estimate of drug-likeness (QED) is 0.227. The van der Waals surface area contributed by atoms with Crippen LogP contribution in [0.15, 0.2) is 0 Å². The molecule has 0 amide bonds. The van der Waals surface area contributed by atoms with Crippen LogP contribution in [0.4, 0.5) is 0 Å². The molecule has 9 nitrogen and oxygen atoms in total. The normalized spacial score (nSPS) is 18.5. The lowest BCUT2D eigenvalue weighted by Gasteiger charge is -2.23. The Morgan fingerprint density at radius 3 is 1.80 bits per heavy atom. The maximum absolute atomic E-state index is 9.92. The van der Waals surface area contributed by atoms with Gasteiger partial charge in [-0.3, -0.25) is 10.1 Å². The molecule has 92 valence electrons. The summed E-state index contributed by atoms with van der Waals surface area (Å²) in [4.78, 5) is 9.05. The molecular formula is C6H15NO8. The fraction of sp³-hybridized carbons (Fsp3) is 1.00. The summed E-state index contributed by atoms with van der Waals surface area (Å²) in [5.41, 5.74) is 0. The number of hydrogen-bond donors (Lipinski definition) is 5. The molecule has 0 saturated carbocycles. The SMILES string of the molecule is O.O=[N+]([O-])CC(O)C(O)C(O)C(O)CO. The van der Waals surface area contributed by atoms with Crippen molar-refractivity contribution in [3.8, 4) is 0 Å². The van der Waals surface area contributed by atoms with Crippen LogP contribution in [0.5, 0.6) is 0 Å². The van der Waals surface area contributed by atoms with Crippen LogP contribution in [0, 0.1) is 10.1 Å². The van der Waals surface area contributed by atoms with Gasteiger partial charge < -0.3 is 31.0 Å². The minimum atomic E-state index is -1.87. The average Bonchev–Trinajstić information content (AvgIpc) is 2.13. The molecule has 7 N–H and O–H groups in total. The first-order valence-corrected chi connectivity index (χ1v) is 3.85. The van der Waals surface area contributed by atoms with Gasteiger partial charge in [-0.2, -0.15) is 0 Å². The van der Waals surface area contributed by atoms with Crippen molar-refractivity contribution in [1.82, 2.24) is 0 Å². The molecule has 0 saturated heterocycles. The predicted molar refractivity (Wildman–Crippen MR) is 46.6 cm³/mol. The van der Waals surface area contributed by atoms with E-state index in [1.54, 1.807) is 0 Å². The highest BCUT2D eigenvalue weighted by molar-refractivity contribution is 4.79. The van der Waals surface area contributed by atoms with E-state index in [4.69, 9.17) is 25.5 Å². The third-order valence-electron chi connectivity index (χ3n) is 1.66. The topological polar surface area (TPSA) is 176 Å². The van der Waals surface area contributed by atoms with Crippen molar-refractivity contribution in [2.75, 3.05) is 13.2 Å². The number of nitrogens with zero attached hydrogens (tertiary/aromatic N) is 1. The third kappa shape index (κ3) is 5.57. The van der Waals surface area contributed by atoms with E-state index in [1.165, 1.54) is 0 Å². The van der Waals surface area contributed by atoms with E-state index in [-0.39, 0.29) is 5.48 Å². The van der Waals surface area contributed by atoms with Crippen LogP contribution in [0.3, 0.4) is 0 Å². The largest absolute Gasteiger partial charge is 0.412 e. The summed E-state index contributed by atoms with van der Waals surface area (Å²) < 4.78 is 0. The zero-order valence-electron chi connectivity index (χ0n) is 7.72. The molecule has 0 fully saturated rings. The zero-order valence-corrected chi connectivity index (χ0v) is 7.72. The van der Waals surface area contributed by atoms with Gasteiger partial charge in [0, 0.05) is 4.92 Å². The summed E-state index contributed by atoms with van der Waals surface area (Å²) in [5.74, 6) is 0. The first kappa shape index (κ1) is 16.6. The molecule has 0 aliphatic carbocycles. The molecule has 9 heteroatoms. The molecule has 4 atom stereocenters. The number of hydrogen-bond acceptors (Lipinski definition) is 7. The van der Waals surface area contributed by atoms with E-state index >= 15 is 0 Å². The Hall–Kier alpha value is -0.840. The van der Waals surface area contributed by atoms with Gasteiger partial charge in [0.15, 0.2) is 0 Å². The van der Waals surface area contributed by atoms with Crippen LogP contribution in [0.25, 0.3) is 0 Å². The van der Waals surface area contributed by atoms with E-state index in [1.807, 2.05) is 0 Å². The van der Waals surface area contributed by atoms with Crippen molar-refractivity contribution in [2.45, 2.75) is 24.4 Å². The summed E-state index contributed by atoms with van der Waals surface area (Å²) in [7, 11) is 0. The van der Waals surface area contributed by atoms with Crippen molar-refractivity contribution in [2.24, 2.45) is 0 Å². The molecule has 0 aliphatic heterocycles. The molecule has 4 unspecified atom stereocenters. The highest BCUT2D eigenvalue weighted by atomic mass is 16.6. The van der Waals surface area contributed by atoms with Crippen LogP contribution in [0.1, 0.15) is 0 Å². The minimum Gasteiger partial charge on any atom is -0.412 e. The fourth-order valence-electron chi connectivity index (χ4n) is 0.824. The molecule has 0 heterocycles. The second kappa shape index (κ2) is 7.45. The van der Waals surface area contributed by atoms with Gasteiger partial charge in [-0.05, 0) is 0 Å². The first-order valence-electron chi connectivity index (χ1n) is 3.85. The average molecular weight is 229 g/mol. The van der Waals surface area contributed by atoms with Gasteiger partial charge in [0.05, 0.1) is 6.61 Å². The Morgan fingerprint density at radius 1 is 1.07 bits per heavy atom. The number of rotatable bonds is 6. The Bertz CT molecular complexity index is 188. The van der Waals surface area contributed by atoms with Gasteiger partial charge in [0.1, 0.15) is 24.4 Å². The predicted octanol–water partition coefficient (Wildman–Crippen LogP) is -4.13. The molecule has 0 spiro atoms. The van der Waals surface area contributed by atoms with Crippen molar-refractivity contribution in [1.29, 1.82) is 0 Å². The Morgan fingerprint density at radius 2 is 1.47 bits per heavy atom. The lowest BCUT2D eigenvalue weighted by Crippen LogP contribution is -2.47. The van der Waals surface area contributed by atoms with Gasteiger partial charge in [-0.25, -0.2) is 0 Å². The molecular weight excluding hydrogens is 214 g/mol.